The number of anilines is 4. The third-order valence-corrected chi connectivity index (χ3v) is 4.65. The Morgan fingerprint density at radius 2 is 1.93 bits per heavy atom. The third-order valence-electron chi connectivity index (χ3n) is 4.36. The van der Waals surface area contributed by atoms with Gasteiger partial charge in [-0.15, -0.1) is 4.98 Å². The molecule has 0 atom stereocenters. The van der Waals surface area contributed by atoms with E-state index in [0.29, 0.717) is 44.8 Å². The standard InChI is InChI=1S/C20H16ClN7O2/c1-22-14-8-5-9-15(24-14)25-16-10-13(17-19(26-16)27-28(2)20(17)29)23-12-7-4-6-11(21)18(12)30-3/h4-10H,2-3H3,(H3,23,24,25,26,27). The minimum Gasteiger partial charge on any atom is -0.493 e. The number of pyridine rings is 2. The van der Waals surface area contributed by atoms with Gasteiger partial charge in [0.05, 0.1) is 23.5 Å². The highest BCUT2D eigenvalue weighted by molar-refractivity contribution is 6.32. The van der Waals surface area contributed by atoms with Crippen LogP contribution in [0.25, 0.3) is 15.9 Å². The van der Waals surface area contributed by atoms with Gasteiger partial charge >= 0.3 is 0 Å². The summed E-state index contributed by atoms with van der Waals surface area (Å²) in [7, 11) is 3.13. The van der Waals surface area contributed by atoms with Gasteiger partial charge in [0, 0.05) is 19.2 Å². The summed E-state index contributed by atoms with van der Waals surface area (Å²) in [6.07, 6.45) is 0. The number of ether oxygens (including phenoxy) is 1. The number of nitrogens with one attached hydrogen (secondary N) is 3. The number of aryl methyl sites for hydroxylation is 1. The van der Waals surface area contributed by atoms with E-state index in [4.69, 9.17) is 22.9 Å². The van der Waals surface area contributed by atoms with Crippen molar-refractivity contribution in [2.75, 3.05) is 17.7 Å². The Balaban J connectivity index is 1.83. The maximum atomic E-state index is 12.6. The molecule has 0 radical (unpaired) electrons. The third kappa shape index (κ3) is 3.52. The quantitative estimate of drug-likeness (QED) is 0.414. The Morgan fingerprint density at radius 1 is 1.13 bits per heavy atom. The van der Waals surface area contributed by atoms with Crippen LogP contribution in [0.15, 0.2) is 47.3 Å². The Hall–Kier alpha value is -4.03. The molecule has 0 saturated heterocycles. The monoisotopic (exact) mass is 421 g/mol. The molecule has 0 aliphatic carbocycles. The largest absolute Gasteiger partial charge is 0.493 e. The van der Waals surface area contributed by atoms with Gasteiger partial charge in [0.2, 0.25) is 5.82 Å². The average Bonchev–Trinajstić information content (AvgIpc) is 3.02. The van der Waals surface area contributed by atoms with Crippen LogP contribution in [0.2, 0.25) is 5.02 Å². The molecular weight excluding hydrogens is 406 g/mol. The second-order valence-electron chi connectivity index (χ2n) is 6.32. The Morgan fingerprint density at radius 3 is 2.70 bits per heavy atom. The van der Waals surface area contributed by atoms with E-state index in [9.17, 15) is 4.79 Å². The molecule has 1 aromatic carbocycles. The van der Waals surface area contributed by atoms with Crippen molar-refractivity contribution in [1.82, 2.24) is 19.7 Å². The van der Waals surface area contributed by atoms with Gasteiger partial charge in [0.15, 0.2) is 11.4 Å². The van der Waals surface area contributed by atoms with Crippen LogP contribution < -0.4 is 20.9 Å². The number of halogens is 1. The molecular formula is C20H16ClN7O2. The number of hydrogen-bond donors (Lipinski definition) is 3. The van der Waals surface area contributed by atoms with Gasteiger partial charge < -0.3 is 20.2 Å². The summed E-state index contributed by atoms with van der Waals surface area (Å²) in [5, 5.41) is 10.0. The minimum absolute atomic E-state index is 0.235. The first-order valence-electron chi connectivity index (χ1n) is 8.81. The van der Waals surface area contributed by atoms with Gasteiger partial charge in [0.1, 0.15) is 11.2 Å². The molecule has 10 heteroatoms. The maximum Gasteiger partial charge on any atom is 0.277 e. The summed E-state index contributed by atoms with van der Waals surface area (Å²) in [5.74, 6) is 1.61. The van der Waals surface area contributed by atoms with Crippen LogP contribution in [0.5, 0.6) is 5.75 Å². The first-order valence-corrected chi connectivity index (χ1v) is 9.18. The number of fused-ring (bicyclic) bond motifs is 1. The van der Waals surface area contributed by atoms with Crippen molar-refractivity contribution in [3.8, 4) is 5.75 Å². The second-order valence-corrected chi connectivity index (χ2v) is 6.73. The first-order chi connectivity index (χ1) is 14.5. The lowest BCUT2D eigenvalue weighted by molar-refractivity contribution is 0.417. The summed E-state index contributed by atoms with van der Waals surface area (Å²) >= 11 is 6.22. The van der Waals surface area contributed by atoms with Gasteiger partial charge in [-0.2, -0.15) is 0 Å². The van der Waals surface area contributed by atoms with Gasteiger partial charge in [-0.05, 0) is 18.2 Å². The molecule has 0 unspecified atom stereocenters. The molecule has 9 nitrogen and oxygen atoms in total. The summed E-state index contributed by atoms with van der Waals surface area (Å²) in [6, 6.07) is 12.0. The van der Waals surface area contributed by atoms with E-state index in [0.717, 1.165) is 0 Å². The van der Waals surface area contributed by atoms with E-state index in [-0.39, 0.29) is 11.4 Å². The fourth-order valence-electron chi connectivity index (χ4n) is 3.03. The van der Waals surface area contributed by atoms with E-state index >= 15 is 0 Å². The molecule has 0 bridgehead atoms. The lowest BCUT2D eigenvalue weighted by atomic mass is 10.2. The Kier molecular flexibility index (Phi) is 5.00. The predicted octanol–water partition coefficient (Wildman–Crippen LogP) is 4.36. The fraction of sp³-hybridized carbons (Fsp3) is 0.100. The number of methoxy groups -OCH3 is 1. The molecule has 0 fully saturated rings. The molecule has 0 aliphatic rings. The molecule has 0 aliphatic heterocycles. The lowest BCUT2D eigenvalue weighted by Gasteiger charge is -2.13. The zero-order valence-corrected chi connectivity index (χ0v) is 16.8. The highest BCUT2D eigenvalue weighted by Crippen LogP contribution is 2.36. The molecule has 150 valence electrons. The summed E-state index contributed by atoms with van der Waals surface area (Å²) in [4.78, 5) is 24.6. The number of hydrogen-bond acceptors (Lipinski definition) is 6. The van der Waals surface area contributed by atoms with Gasteiger partial charge in [-0.25, -0.2) is 4.98 Å². The van der Waals surface area contributed by atoms with Crippen molar-refractivity contribution in [3.05, 3.63) is 69.3 Å². The fourth-order valence-corrected chi connectivity index (χ4v) is 3.28. The zero-order valence-electron chi connectivity index (χ0n) is 16.0. The highest BCUT2D eigenvalue weighted by atomic mass is 35.5. The number of rotatable bonds is 5. The lowest BCUT2D eigenvalue weighted by Crippen LogP contribution is -2.12. The van der Waals surface area contributed by atoms with E-state index in [1.807, 2.05) is 0 Å². The number of aromatic amines is 1. The van der Waals surface area contributed by atoms with Crippen molar-refractivity contribution in [1.29, 1.82) is 0 Å². The molecule has 4 aromatic rings. The molecule has 3 N–H and O–H groups in total. The minimum atomic E-state index is -0.235. The first kappa shape index (κ1) is 19.3. The Bertz CT molecular complexity index is 1350. The summed E-state index contributed by atoms with van der Waals surface area (Å²) in [6.45, 7) is 7.11. The van der Waals surface area contributed by atoms with E-state index in [2.05, 4.69) is 30.5 Å². The van der Waals surface area contributed by atoms with Crippen molar-refractivity contribution in [2.24, 2.45) is 7.05 Å². The van der Waals surface area contributed by atoms with Crippen LogP contribution in [-0.2, 0) is 7.05 Å². The molecule has 0 saturated carbocycles. The summed E-state index contributed by atoms with van der Waals surface area (Å²) < 4.78 is 6.74. The summed E-state index contributed by atoms with van der Waals surface area (Å²) in [5.41, 5.74) is 1.25. The number of nitrogens with zero attached hydrogens (tertiary/aromatic N) is 4. The van der Waals surface area contributed by atoms with Crippen LogP contribution in [0, 0.1) is 6.57 Å². The smallest absolute Gasteiger partial charge is 0.277 e. The van der Waals surface area contributed by atoms with E-state index in [1.165, 1.54) is 11.8 Å². The molecule has 4 rings (SSSR count). The van der Waals surface area contributed by atoms with Crippen LogP contribution in [0.3, 0.4) is 0 Å². The number of benzene rings is 1. The van der Waals surface area contributed by atoms with Crippen LogP contribution in [0.1, 0.15) is 0 Å². The topological polar surface area (TPSA) is 101 Å². The van der Waals surface area contributed by atoms with Crippen LogP contribution in [0.4, 0.5) is 28.8 Å². The molecule has 3 aromatic heterocycles. The van der Waals surface area contributed by atoms with Crippen molar-refractivity contribution in [3.63, 3.8) is 0 Å². The predicted molar refractivity (Wildman–Crippen MR) is 116 cm³/mol. The van der Waals surface area contributed by atoms with Crippen LogP contribution >= 0.6 is 11.6 Å². The van der Waals surface area contributed by atoms with E-state index < -0.39 is 0 Å². The van der Waals surface area contributed by atoms with E-state index in [1.54, 1.807) is 49.5 Å². The maximum absolute atomic E-state index is 12.6. The SMILES string of the molecule is [C-]#[N+]c1cccc(Nc2cc(Nc3cccc(Cl)c3OC)c3c(=O)n(C)[nH]c3n2)n1. The van der Waals surface area contributed by atoms with Crippen LogP contribution in [-0.4, -0.2) is 26.9 Å². The molecule has 30 heavy (non-hydrogen) atoms. The number of aromatic nitrogens is 4. The van der Waals surface area contributed by atoms with Gasteiger partial charge in [0.25, 0.3) is 11.4 Å². The molecule has 0 spiro atoms. The molecule has 3 heterocycles. The average molecular weight is 422 g/mol. The Labute approximate surface area is 176 Å². The van der Waals surface area contributed by atoms with Gasteiger partial charge in [-0.3, -0.25) is 14.6 Å². The van der Waals surface area contributed by atoms with Crippen molar-refractivity contribution < 1.29 is 4.74 Å². The second kappa shape index (κ2) is 7.77. The van der Waals surface area contributed by atoms with Gasteiger partial charge in [-0.1, -0.05) is 30.3 Å². The zero-order chi connectivity index (χ0) is 21.3. The highest BCUT2D eigenvalue weighted by Gasteiger charge is 2.16. The van der Waals surface area contributed by atoms with Crippen molar-refractivity contribution >= 4 is 51.5 Å². The normalized spacial score (nSPS) is 10.6. The number of H-pyrrole nitrogens is 1. The van der Waals surface area contributed by atoms with Crippen molar-refractivity contribution in [2.45, 2.75) is 0 Å². The molecule has 0 amide bonds. The number of para-hydroxylation sites is 1.